The standard InChI is InChI=1S/C69H46N2O2.C66H42N2O2/c1-69(2)61-40-46(45-29-38-64-60(39-45)55-15-6-9-20-63(55)71(64)48-13-4-3-5-14-48)27-35-53(61)54-37-34-51(42-62(54)69)70(49-30-23-43(24-31-49)47-28-36-58-56-16-7-10-21-65(56)72-67(58)41-47)50-32-25-44(26-33-50)52-18-12-19-59-57-17-8-11-22-66(57)73-68(52)59;1-2-10-51(11-3-1)68-61-15-7-4-12-55(61)60-40-48(30-39-62(60)68)45-20-18-43(19-21-45)44-22-31-52(32-23-44)67(53-33-24-46(25-34-53)49-28-37-58-56-13-5-8-16-63(56)69-65(58)41-49)54-35-26-47(27-36-54)50-29-38-59-57-14-6-9-17-64(57)70-66(59)42-50/h3-42H,1-2H3;1-42H. The Morgan fingerprint density at radius 2 is 0.441 bits per heavy atom. The second-order valence-corrected chi connectivity index (χ2v) is 38.1. The van der Waals surface area contributed by atoms with Crippen LogP contribution in [-0.4, -0.2) is 9.13 Å². The van der Waals surface area contributed by atoms with Gasteiger partial charge in [0.25, 0.3) is 0 Å². The van der Waals surface area contributed by atoms with Crippen LogP contribution in [0, 0.1) is 0 Å². The molecule has 0 saturated heterocycles. The van der Waals surface area contributed by atoms with Gasteiger partial charge in [-0.25, -0.2) is 0 Å². The summed E-state index contributed by atoms with van der Waals surface area (Å²) in [5.41, 5.74) is 41.8. The predicted molar refractivity (Wildman–Crippen MR) is 596 cm³/mol. The van der Waals surface area contributed by atoms with Crippen molar-refractivity contribution in [1.29, 1.82) is 0 Å². The summed E-state index contributed by atoms with van der Waals surface area (Å²) in [7, 11) is 0. The van der Waals surface area contributed by atoms with Crippen molar-refractivity contribution in [3.8, 4) is 100 Å². The molecule has 8 heteroatoms. The van der Waals surface area contributed by atoms with E-state index in [2.05, 4.69) is 482 Å². The average molecular weight is 1830 g/mol. The minimum absolute atomic E-state index is 0.260. The summed E-state index contributed by atoms with van der Waals surface area (Å²) in [6, 6.07) is 179. The molecule has 22 aromatic carbocycles. The molecule has 1 aliphatic rings. The molecule has 0 bridgehead atoms. The Labute approximate surface area is 824 Å². The molecule has 143 heavy (non-hydrogen) atoms. The van der Waals surface area contributed by atoms with E-state index < -0.39 is 0 Å². The third kappa shape index (κ3) is 14.0. The van der Waals surface area contributed by atoms with Crippen molar-refractivity contribution in [2.45, 2.75) is 19.3 Å². The molecule has 0 radical (unpaired) electrons. The molecule has 28 aromatic rings. The molecule has 0 unspecified atom stereocenters. The van der Waals surface area contributed by atoms with E-state index in [0.717, 1.165) is 178 Å². The highest BCUT2D eigenvalue weighted by Gasteiger charge is 2.37. The van der Waals surface area contributed by atoms with Crippen molar-refractivity contribution in [3.05, 3.63) is 509 Å². The van der Waals surface area contributed by atoms with Gasteiger partial charge in [-0.2, -0.15) is 0 Å². The number of hydrogen-bond donors (Lipinski definition) is 0. The molecule has 0 N–H and O–H groups in total. The highest BCUT2D eigenvalue weighted by molar-refractivity contribution is 6.15. The van der Waals surface area contributed by atoms with E-state index in [1.165, 1.54) is 99.4 Å². The van der Waals surface area contributed by atoms with Crippen LogP contribution < -0.4 is 9.80 Å². The van der Waals surface area contributed by atoms with E-state index in [1.807, 2.05) is 48.5 Å². The Morgan fingerprint density at radius 3 is 0.867 bits per heavy atom. The topological polar surface area (TPSA) is 68.9 Å². The van der Waals surface area contributed by atoms with Crippen LogP contribution in [0.3, 0.4) is 0 Å². The number of nitrogens with zero attached hydrogens (tertiary/aromatic N) is 4. The summed E-state index contributed by atoms with van der Waals surface area (Å²) in [5, 5.41) is 14.1. The van der Waals surface area contributed by atoms with E-state index >= 15 is 0 Å². The molecule has 0 spiro atoms. The Morgan fingerprint density at radius 1 is 0.168 bits per heavy atom. The average Bonchev–Trinajstić information content (AvgIpc) is 1.57. The molecule has 1 aliphatic carbocycles. The molecule has 0 aliphatic heterocycles. The van der Waals surface area contributed by atoms with Gasteiger partial charge in [-0.1, -0.05) is 311 Å². The van der Waals surface area contributed by atoms with Crippen LogP contribution in [0.5, 0.6) is 0 Å². The van der Waals surface area contributed by atoms with Crippen molar-refractivity contribution in [3.63, 3.8) is 0 Å². The molecule has 8 nitrogen and oxygen atoms in total. The van der Waals surface area contributed by atoms with Gasteiger partial charge < -0.3 is 36.6 Å². The van der Waals surface area contributed by atoms with Crippen molar-refractivity contribution in [2.24, 2.45) is 0 Å². The number of hydrogen-bond acceptors (Lipinski definition) is 6. The first-order chi connectivity index (χ1) is 70.6. The first-order valence-electron chi connectivity index (χ1n) is 48.9. The normalized spacial score (nSPS) is 12.3. The van der Waals surface area contributed by atoms with Crippen LogP contribution in [0.2, 0.25) is 0 Å². The van der Waals surface area contributed by atoms with Crippen molar-refractivity contribution in [2.75, 3.05) is 9.80 Å². The zero-order valence-corrected chi connectivity index (χ0v) is 78.3. The van der Waals surface area contributed by atoms with E-state index in [4.69, 9.17) is 17.7 Å². The van der Waals surface area contributed by atoms with Crippen LogP contribution in [0.1, 0.15) is 25.0 Å². The first kappa shape index (κ1) is 82.5. The maximum Gasteiger partial charge on any atom is 0.143 e. The number of benzene rings is 22. The number of fused-ring (bicyclic) bond motifs is 21. The molecule has 6 aromatic heterocycles. The van der Waals surface area contributed by atoms with Crippen LogP contribution >= 0.6 is 0 Å². The SMILES string of the molecule is CC1(C)c2cc(-c3ccc4c(c3)c3ccccc3n4-c3ccccc3)ccc2-c2ccc(N(c3ccc(-c4ccc5c(c4)oc4ccccc45)cc3)c3ccc(-c4cccc5c4oc4ccccc45)cc3)cc21.c1ccc(-n2c3ccccc3c3cc(-c4ccc(-c5ccc(N(c6ccc(-c7ccc8c(c7)oc7ccccc78)cc6)c6ccc(-c7ccc8c(c7)oc7ccccc78)cc6)cc5)cc4)ccc32)cc1. The number of para-hydroxylation sites is 9. The fourth-order valence-electron chi connectivity index (χ4n) is 22.5. The molecule has 0 atom stereocenters. The fourth-order valence-corrected chi connectivity index (χ4v) is 22.5. The minimum Gasteiger partial charge on any atom is -0.456 e. The largest absolute Gasteiger partial charge is 0.456 e. The third-order valence-corrected chi connectivity index (χ3v) is 29.7. The molecule has 0 amide bonds. The van der Waals surface area contributed by atoms with Gasteiger partial charge in [0.15, 0.2) is 0 Å². The van der Waals surface area contributed by atoms with Crippen molar-refractivity contribution >= 4 is 165 Å². The minimum atomic E-state index is -0.260. The van der Waals surface area contributed by atoms with E-state index in [1.54, 1.807) is 0 Å². The lowest BCUT2D eigenvalue weighted by Crippen LogP contribution is -2.16. The Hall–Kier alpha value is -18.8. The van der Waals surface area contributed by atoms with Crippen LogP contribution in [0.4, 0.5) is 34.1 Å². The lowest BCUT2D eigenvalue weighted by atomic mass is 9.81. The summed E-state index contributed by atoms with van der Waals surface area (Å²) < 4.78 is 30.1. The number of rotatable bonds is 15. The molecule has 0 fully saturated rings. The van der Waals surface area contributed by atoms with Gasteiger partial charge in [0.1, 0.15) is 44.7 Å². The Kier molecular flexibility index (Phi) is 19.2. The molecule has 0 saturated carbocycles. The van der Waals surface area contributed by atoms with Gasteiger partial charge in [0.05, 0.1) is 22.1 Å². The lowest BCUT2D eigenvalue weighted by molar-refractivity contribution is 0.660. The third-order valence-electron chi connectivity index (χ3n) is 29.7. The monoisotopic (exact) mass is 1830 g/mol. The van der Waals surface area contributed by atoms with Crippen molar-refractivity contribution < 1.29 is 17.7 Å². The van der Waals surface area contributed by atoms with Crippen molar-refractivity contribution in [1.82, 2.24) is 9.13 Å². The maximum absolute atomic E-state index is 6.49. The zero-order valence-electron chi connectivity index (χ0n) is 78.3. The molecule has 29 rings (SSSR count). The summed E-state index contributed by atoms with van der Waals surface area (Å²) in [6.45, 7) is 4.76. The summed E-state index contributed by atoms with van der Waals surface area (Å²) in [5.74, 6) is 0. The van der Waals surface area contributed by atoms with Gasteiger partial charge in [-0.3, -0.25) is 0 Å². The lowest BCUT2D eigenvalue weighted by Gasteiger charge is -2.28. The summed E-state index contributed by atoms with van der Waals surface area (Å²) in [6.07, 6.45) is 0. The fraction of sp³-hybridized carbons (Fsp3) is 0.0222. The predicted octanol–water partition coefficient (Wildman–Crippen LogP) is 38.1. The van der Waals surface area contributed by atoms with Gasteiger partial charge in [-0.15, -0.1) is 0 Å². The number of furan rings is 4. The van der Waals surface area contributed by atoms with Crippen LogP contribution in [0.25, 0.3) is 232 Å². The van der Waals surface area contributed by atoms with E-state index in [-0.39, 0.29) is 5.41 Å². The smallest absolute Gasteiger partial charge is 0.143 e. The van der Waals surface area contributed by atoms with E-state index in [0.29, 0.717) is 0 Å². The highest BCUT2D eigenvalue weighted by atomic mass is 16.3. The Bertz CT molecular complexity index is 9750. The van der Waals surface area contributed by atoms with Crippen LogP contribution in [0.15, 0.2) is 515 Å². The number of aromatic nitrogens is 2. The van der Waals surface area contributed by atoms with Gasteiger partial charge in [0, 0.05) is 121 Å². The second-order valence-electron chi connectivity index (χ2n) is 38.1. The second kappa shape index (κ2) is 33.3. The zero-order chi connectivity index (χ0) is 94.5. The molecule has 672 valence electrons. The maximum atomic E-state index is 6.49. The summed E-state index contributed by atoms with van der Waals surface area (Å²) in [4.78, 5) is 4.72. The Balaban J connectivity index is 0.000000140. The first-order valence-corrected chi connectivity index (χ1v) is 48.9. The van der Waals surface area contributed by atoms with Gasteiger partial charge in [0.2, 0.25) is 0 Å². The number of anilines is 6. The highest BCUT2D eigenvalue weighted by Crippen LogP contribution is 2.54. The summed E-state index contributed by atoms with van der Waals surface area (Å²) >= 11 is 0. The van der Waals surface area contributed by atoms with E-state index in [9.17, 15) is 0 Å². The van der Waals surface area contributed by atoms with Gasteiger partial charge in [-0.05, 0) is 295 Å². The molecular formula is C135H88N4O4. The van der Waals surface area contributed by atoms with Crippen LogP contribution in [-0.2, 0) is 5.41 Å². The molecular weight excluding hydrogens is 1740 g/mol. The quantitative estimate of drug-likeness (QED) is 0.102. The van der Waals surface area contributed by atoms with Gasteiger partial charge >= 0.3 is 0 Å². The molecule has 6 heterocycles.